The third kappa shape index (κ3) is 8.81. The van der Waals surface area contributed by atoms with Gasteiger partial charge in [-0.1, -0.05) is 86.2 Å². The minimum absolute atomic E-state index is 0.104. The fraction of sp³-hybridized carbons (Fsp3) is 0.484. The number of carbonyl (C=O) groups is 4. The quantitative estimate of drug-likeness (QED) is 0.316. The number of nitrogens with one attached hydrogen (secondary N) is 3. The summed E-state index contributed by atoms with van der Waals surface area (Å²) in [7, 11) is 0. The zero-order chi connectivity index (χ0) is 28.3. The van der Waals surface area contributed by atoms with Gasteiger partial charge in [0, 0.05) is 23.9 Å². The number of amides is 3. The van der Waals surface area contributed by atoms with Gasteiger partial charge in [0.25, 0.3) is 0 Å². The summed E-state index contributed by atoms with van der Waals surface area (Å²) in [6.45, 7) is 0.568. The summed E-state index contributed by atoms with van der Waals surface area (Å²) in [4.78, 5) is 50.5. The number of alkyl carbamates (subject to hydrolysis) is 1. The molecular formula is C31H38ClN3O5. The normalized spacial score (nSPS) is 19.6. The third-order valence-corrected chi connectivity index (χ3v) is 8.06. The second-order valence-electron chi connectivity index (χ2n) is 10.8. The first-order valence-corrected chi connectivity index (χ1v) is 14.6. The molecule has 3 N–H and O–H groups in total. The Morgan fingerprint density at radius 2 is 1.77 bits per heavy atom. The van der Waals surface area contributed by atoms with Crippen molar-refractivity contribution in [3.05, 3.63) is 70.7 Å². The molecule has 3 amide bonds. The standard InChI is InChI=1S/C31H38ClN3O5/c32-25-13-7-10-22(16-25)18-28(23-11-5-2-6-12-23)40-31(39)35-27(17-21-8-3-1-4-9-21)30(38)34-26(20-36)19-24-14-15-33-29(24)37/h2,5-7,10-13,16,20-21,24,26-28H,1,3-4,8-9,14-15,17-19H2,(H,33,37)(H,34,38)(H,35,39). The van der Waals surface area contributed by atoms with E-state index in [1.165, 1.54) is 6.42 Å². The van der Waals surface area contributed by atoms with E-state index < -0.39 is 30.2 Å². The molecule has 1 heterocycles. The molecule has 0 bridgehead atoms. The Kier molecular flexibility index (Phi) is 11.0. The van der Waals surface area contributed by atoms with Gasteiger partial charge < -0.3 is 25.5 Å². The van der Waals surface area contributed by atoms with E-state index in [1.54, 1.807) is 6.07 Å². The molecule has 2 aromatic rings. The second kappa shape index (κ2) is 14.8. The average Bonchev–Trinajstić information content (AvgIpc) is 3.36. The molecule has 0 radical (unpaired) electrons. The third-order valence-electron chi connectivity index (χ3n) is 7.83. The summed E-state index contributed by atoms with van der Waals surface area (Å²) >= 11 is 6.18. The van der Waals surface area contributed by atoms with Crippen LogP contribution in [0, 0.1) is 11.8 Å². The number of benzene rings is 2. The Bertz CT molecular complexity index is 1150. The monoisotopic (exact) mass is 567 g/mol. The van der Waals surface area contributed by atoms with Crippen molar-refractivity contribution in [2.75, 3.05) is 6.54 Å². The van der Waals surface area contributed by atoms with E-state index in [4.69, 9.17) is 16.3 Å². The molecule has 4 rings (SSSR count). The van der Waals surface area contributed by atoms with E-state index in [0.717, 1.165) is 36.8 Å². The highest BCUT2D eigenvalue weighted by Gasteiger charge is 2.32. The molecule has 214 valence electrons. The lowest BCUT2D eigenvalue weighted by Crippen LogP contribution is -2.51. The fourth-order valence-electron chi connectivity index (χ4n) is 5.67. The summed E-state index contributed by atoms with van der Waals surface area (Å²) in [5, 5.41) is 8.92. The lowest BCUT2D eigenvalue weighted by Gasteiger charge is -2.28. The van der Waals surface area contributed by atoms with Crippen molar-refractivity contribution in [1.29, 1.82) is 0 Å². The van der Waals surface area contributed by atoms with Crippen molar-refractivity contribution >= 4 is 35.8 Å². The van der Waals surface area contributed by atoms with Gasteiger partial charge in [0.2, 0.25) is 11.8 Å². The first-order valence-electron chi connectivity index (χ1n) is 14.2. The van der Waals surface area contributed by atoms with Gasteiger partial charge >= 0.3 is 6.09 Å². The van der Waals surface area contributed by atoms with Crippen LogP contribution in [0.25, 0.3) is 0 Å². The van der Waals surface area contributed by atoms with Gasteiger partial charge in [-0.2, -0.15) is 0 Å². The summed E-state index contributed by atoms with van der Waals surface area (Å²) in [6, 6.07) is 15.2. The highest BCUT2D eigenvalue weighted by atomic mass is 35.5. The van der Waals surface area contributed by atoms with Crippen LogP contribution in [0.4, 0.5) is 4.79 Å². The molecule has 2 aliphatic rings. The highest BCUT2D eigenvalue weighted by Crippen LogP contribution is 2.28. The molecule has 0 aromatic heterocycles. The molecule has 1 aliphatic heterocycles. The molecule has 9 heteroatoms. The SMILES string of the molecule is O=CC(CC1CCNC1=O)NC(=O)C(CC1CCCCC1)NC(=O)OC(Cc1cccc(Cl)c1)c1ccccc1. The molecule has 8 nitrogen and oxygen atoms in total. The Morgan fingerprint density at radius 3 is 2.45 bits per heavy atom. The van der Waals surface area contributed by atoms with Crippen LogP contribution in [0.5, 0.6) is 0 Å². The number of halogens is 1. The van der Waals surface area contributed by atoms with Crippen molar-refractivity contribution in [3.63, 3.8) is 0 Å². The van der Waals surface area contributed by atoms with Crippen molar-refractivity contribution in [3.8, 4) is 0 Å². The second-order valence-corrected chi connectivity index (χ2v) is 11.3. The maximum atomic E-state index is 13.4. The van der Waals surface area contributed by atoms with Crippen LogP contribution in [0.15, 0.2) is 54.6 Å². The molecule has 4 unspecified atom stereocenters. The fourth-order valence-corrected chi connectivity index (χ4v) is 5.89. The molecule has 4 atom stereocenters. The first-order chi connectivity index (χ1) is 19.4. The maximum Gasteiger partial charge on any atom is 0.408 e. The molecule has 1 saturated heterocycles. The molecule has 40 heavy (non-hydrogen) atoms. The summed E-state index contributed by atoms with van der Waals surface area (Å²) < 4.78 is 5.91. The predicted octanol–water partition coefficient (Wildman–Crippen LogP) is 4.90. The number of hydrogen-bond donors (Lipinski definition) is 3. The molecule has 2 aromatic carbocycles. The van der Waals surface area contributed by atoms with E-state index in [9.17, 15) is 19.2 Å². The Hall–Kier alpha value is -3.39. The van der Waals surface area contributed by atoms with Crippen LogP contribution in [0.1, 0.15) is 68.6 Å². The summed E-state index contributed by atoms with van der Waals surface area (Å²) in [5.41, 5.74) is 1.73. The number of rotatable bonds is 12. The maximum absolute atomic E-state index is 13.4. The van der Waals surface area contributed by atoms with E-state index in [0.29, 0.717) is 37.1 Å². The number of carbonyl (C=O) groups excluding carboxylic acids is 4. The molecular weight excluding hydrogens is 530 g/mol. The van der Waals surface area contributed by atoms with E-state index in [-0.39, 0.29) is 24.2 Å². The van der Waals surface area contributed by atoms with Crippen molar-refractivity contribution < 1.29 is 23.9 Å². The number of ether oxygens (including phenoxy) is 1. The van der Waals surface area contributed by atoms with Crippen LogP contribution in [0.3, 0.4) is 0 Å². The Balaban J connectivity index is 1.45. The smallest absolute Gasteiger partial charge is 0.408 e. The lowest BCUT2D eigenvalue weighted by molar-refractivity contribution is -0.127. The van der Waals surface area contributed by atoms with E-state index in [2.05, 4.69) is 16.0 Å². The highest BCUT2D eigenvalue weighted by molar-refractivity contribution is 6.30. The molecule has 1 saturated carbocycles. The van der Waals surface area contributed by atoms with Gasteiger partial charge in [-0.25, -0.2) is 4.79 Å². The van der Waals surface area contributed by atoms with Crippen LogP contribution in [-0.2, 0) is 25.5 Å². The van der Waals surface area contributed by atoms with Gasteiger partial charge in [0.1, 0.15) is 18.4 Å². The number of hydrogen-bond acceptors (Lipinski definition) is 5. The topological polar surface area (TPSA) is 114 Å². The van der Waals surface area contributed by atoms with E-state index >= 15 is 0 Å². The summed E-state index contributed by atoms with van der Waals surface area (Å²) in [6.07, 6.45) is 6.42. The van der Waals surface area contributed by atoms with Crippen LogP contribution >= 0.6 is 11.6 Å². The van der Waals surface area contributed by atoms with Gasteiger partial charge in [0.15, 0.2) is 0 Å². The zero-order valence-corrected chi connectivity index (χ0v) is 23.4. The molecule has 2 fully saturated rings. The van der Waals surface area contributed by atoms with Gasteiger partial charge in [-0.3, -0.25) is 9.59 Å². The Labute approximate surface area is 240 Å². The van der Waals surface area contributed by atoms with Crippen LogP contribution in [0.2, 0.25) is 5.02 Å². The van der Waals surface area contributed by atoms with Crippen LogP contribution in [-0.4, -0.2) is 42.8 Å². The van der Waals surface area contributed by atoms with Crippen molar-refractivity contribution in [2.24, 2.45) is 11.8 Å². The average molecular weight is 568 g/mol. The molecule has 0 spiro atoms. The predicted molar refractivity (Wildman–Crippen MR) is 153 cm³/mol. The van der Waals surface area contributed by atoms with Gasteiger partial charge in [0.05, 0.1) is 6.04 Å². The first kappa shape index (κ1) is 29.6. The van der Waals surface area contributed by atoms with Crippen molar-refractivity contribution in [2.45, 2.75) is 76.0 Å². The lowest BCUT2D eigenvalue weighted by atomic mass is 9.84. The Morgan fingerprint density at radius 1 is 1.00 bits per heavy atom. The minimum Gasteiger partial charge on any atom is -0.441 e. The van der Waals surface area contributed by atoms with Gasteiger partial charge in [-0.05, 0) is 48.4 Å². The minimum atomic E-state index is -0.863. The summed E-state index contributed by atoms with van der Waals surface area (Å²) in [5.74, 6) is -0.572. The van der Waals surface area contributed by atoms with Crippen LogP contribution < -0.4 is 16.0 Å². The van der Waals surface area contributed by atoms with Gasteiger partial charge in [-0.15, -0.1) is 0 Å². The number of aldehydes is 1. The van der Waals surface area contributed by atoms with E-state index in [1.807, 2.05) is 48.5 Å². The van der Waals surface area contributed by atoms with Crippen molar-refractivity contribution in [1.82, 2.24) is 16.0 Å². The largest absolute Gasteiger partial charge is 0.441 e. The molecule has 1 aliphatic carbocycles. The zero-order valence-electron chi connectivity index (χ0n) is 22.7.